The van der Waals surface area contributed by atoms with Crippen molar-refractivity contribution in [2.75, 3.05) is 6.54 Å². The maximum Gasteiger partial charge on any atom is 0.326 e. The Hall–Kier alpha value is -3.30. The van der Waals surface area contributed by atoms with Crippen LogP contribution in [0.5, 0.6) is 0 Å². The highest BCUT2D eigenvalue weighted by molar-refractivity contribution is 6.30. The summed E-state index contributed by atoms with van der Waals surface area (Å²) in [5.41, 5.74) is 1.48. The van der Waals surface area contributed by atoms with Crippen LogP contribution in [0, 0.1) is 0 Å². The number of carboxylic acids is 2. The normalized spacial score (nSPS) is 11.8. The van der Waals surface area contributed by atoms with E-state index in [-0.39, 0.29) is 19.5 Å². The maximum absolute atomic E-state index is 13.0. The number of hydrogen-bond donors (Lipinski definition) is 4. The molecular weight excluding hydrogens is 473 g/mol. The van der Waals surface area contributed by atoms with Gasteiger partial charge in [0.15, 0.2) is 1.41 Å². The van der Waals surface area contributed by atoms with E-state index >= 15 is 0 Å². The van der Waals surface area contributed by atoms with Gasteiger partial charge in [0.1, 0.15) is 6.04 Å². The zero-order chi connectivity index (χ0) is 25.3. The third-order valence-electron chi connectivity index (χ3n) is 4.48. The van der Waals surface area contributed by atoms with Crippen molar-refractivity contribution in [3.8, 4) is 0 Å². The fraction of sp³-hybridized carbons (Fsp3) is 0.273. The highest BCUT2D eigenvalue weighted by Gasteiger charge is 2.22. The van der Waals surface area contributed by atoms with Gasteiger partial charge in [0, 0.05) is 29.6 Å². The van der Waals surface area contributed by atoms with Crippen LogP contribution in [0.25, 0.3) is 0 Å². The number of carbonyl (C=O) groups is 4. The van der Waals surface area contributed by atoms with E-state index in [2.05, 4.69) is 5.32 Å². The number of nitrogens with one attached hydrogen (secondary N) is 2. The number of hydrogen-bond acceptors (Lipinski definition) is 4. The van der Waals surface area contributed by atoms with E-state index in [1.54, 1.807) is 48.5 Å². The number of halogens is 2. The van der Waals surface area contributed by atoms with Gasteiger partial charge in [-0.25, -0.2) is 9.59 Å². The molecule has 3 amide bonds. The van der Waals surface area contributed by atoms with E-state index in [4.69, 9.17) is 29.7 Å². The van der Waals surface area contributed by atoms with Crippen molar-refractivity contribution < 1.29 is 30.8 Å². The number of amides is 3. The van der Waals surface area contributed by atoms with E-state index in [0.29, 0.717) is 15.4 Å². The predicted octanol–water partition coefficient (Wildman–Crippen LogP) is 3.14. The smallest absolute Gasteiger partial charge is 0.326 e. The number of nitrogens with zero attached hydrogens (tertiary/aromatic N) is 1. The summed E-state index contributed by atoms with van der Waals surface area (Å²) in [6, 6.07) is 11.3. The van der Waals surface area contributed by atoms with Gasteiger partial charge in [0.2, 0.25) is 5.91 Å². The molecule has 0 spiro atoms. The summed E-state index contributed by atoms with van der Waals surface area (Å²) in [4.78, 5) is 48.5. The minimum Gasteiger partial charge on any atom is -0.481 e. The summed E-state index contributed by atoms with van der Waals surface area (Å²) in [6.45, 7) is -0.509. The molecule has 2 aromatic carbocycles. The molecule has 11 heteroatoms. The van der Waals surface area contributed by atoms with Crippen LogP contribution in [0.2, 0.25) is 11.5 Å². The van der Waals surface area contributed by atoms with Crippen LogP contribution in [0.15, 0.2) is 48.5 Å². The molecule has 9 nitrogen and oxygen atoms in total. The number of rotatable bonds is 11. The van der Waals surface area contributed by atoms with Crippen LogP contribution in [0.4, 0.5) is 4.79 Å². The highest BCUT2D eigenvalue weighted by Crippen LogP contribution is 2.15. The topological polar surface area (TPSA) is 136 Å². The van der Waals surface area contributed by atoms with Crippen LogP contribution in [-0.4, -0.2) is 51.6 Å². The Labute approximate surface area is 201 Å². The van der Waals surface area contributed by atoms with Gasteiger partial charge >= 0.3 is 18.0 Å². The lowest BCUT2D eigenvalue weighted by atomic mass is 10.1. The standard InChI is InChI=1S/C22H23Cl2N3O6/c23-16-5-1-14(2-6-16)12-27(13-15-3-7-17(24)8-4-15)22(33)25-11-19(28)26-18(21(31)32)9-10-20(29)30/h1-8,18H,9-13H2,(H,25,33)(H,26,28)(H,29,30)(H,31,32)/t18-/m0/s1/i/hD. The number of urea groups is 1. The van der Waals surface area contributed by atoms with Gasteiger partial charge in [-0.05, 0) is 41.8 Å². The largest absolute Gasteiger partial charge is 0.481 e. The molecule has 2 rings (SSSR count). The Morgan fingerprint density at radius 2 is 1.39 bits per heavy atom. The lowest BCUT2D eigenvalue weighted by Gasteiger charge is -2.24. The molecule has 0 fully saturated rings. The summed E-state index contributed by atoms with van der Waals surface area (Å²) in [7, 11) is 0. The van der Waals surface area contributed by atoms with Gasteiger partial charge in [0.05, 0.1) is 6.54 Å². The van der Waals surface area contributed by atoms with Crippen molar-refractivity contribution in [3.05, 3.63) is 69.7 Å². The van der Waals surface area contributed by atoms with E-state index in [9.17, 15) is 24.3 Å². The molecule has 0 radical (unpaired) electrons. The Morgan fingerprint density at radius 1 is 0.909 bits per heavy atom. The molecule has 0 heterocycles. The van der Waals surface area contributed by atoms with Crippen molar-refractivity contribution in [2.24, 2.45) is 0 Å². The first-order valence-corrected chi connectivity index (χ1v) is 10.6. The average Bonchev–Trinajstić information content (AvgIpc) is 2.78. The first-order valence-electron chi connectivity index (χ1n) is 10.3. The summed E-state index contributed by atoms with van der Waals surface area (Å²) in [5.74, 6) is -3.53. The molecule has 0 aliphatic heterocycles. The molecule has 2 aromatic rings. The van der Waals surface area contributed by atoms with E-state index < -0.39 is 42.9 Å². The number of benzene rings is 2. The molecule has 0 saturated carbocycles. The molecule has 0 aliphatic carbocycles. The van der Waals surface area contributed by atoms with Gasteiger partial charge in [-0.15, -0.1) is 0 Å². The summed E-state index contributed by atoms with van der Waals surface area (Å²) >= 11 is 11.8. The second-order valence-electron chi connectivity index (χ2n) is 7.10. The van der Waals surface area contributed by atoms with E-state index in [0.717, 1.165) is 11.1 Å². The molecule has 33 heavy (non-hydrogen) atoms. The minimum absolute atomic E-state index is 0.117. The lowest BCUT2D eigenvalue weighted by Crippen LogP contribution is -2.48. The van der Waals surface area contributed by atoms with E-state index in [1.165, 1.54) is 4.90 Å². The highest BCUT2D eigenvalue weighted by atomic mass is 35.5. The summed E-state index contributed by atoms with van der Waals surface area (Å²) in [5, 5.41) is 21.5. The SMILES string of the molecule is [2H]N(CC(=O)N[C@@H](CCC(=O)O)C(=O)O)C(=O)N(Cc1ccc(Cl)cc1)Cc1ccc(Cl)cc1. The van der Waals surface area contributed by atoms with Gasteiger partial charge in [-0.1, -0.05) is 47.5 Å². The van der Waals surface area contributed by atoms with Crippen LogP contribution in [0.3, 0.4) is 0 Å². The summed E-state index contributed by atoms with van der Waals surface area (Å²) < 4.78 is 8.06. The molecular formula is C22H23Cl2N3O6. The summed E-state index contributed by atoms with van der Waals surface area (Å²) in [6.07, 6.45) is -0.793. The maximum atomic E-state index is 13.0. The third kappa shape index (κ3) is 9.38. The molecule has 0 unspecified atom stereocenters. The molecule has 0 bridgehead atoms. The lowest BCUT2D eigenvalue weighted by molar-refractivity contribution is -0.142. The number of aliphatic carboxylic acids is 2. The van der Waals surface area contributed by atoms with Crippen molar-refractivity contribution in [1.82, 2.24) is 15.5 Å². The van der Waals surface area contributed by atoms with Crippen LogP contribution < -0.4 is 10.6 Å². The Balaban J connectivity index is 2.10. The Bertz CT molecular complexity index is 973. The fourth-order valence-corrected chi connectivity index (χ4v) is 3.07. The zero-order valence-electron chi connectivity index (χ0n) is 18.4. The van der Waals surface area contributed by atoms with Crippen LogP contribution in [-0.2, 0) is 27.5 Å². The van der Waals surface area contributed by atoms with Crippen LogP contribution in [0.1, 0.15) is 24.0 Å². The second kappa shape index (κ2) is 12.7. The first kappa shape index (κ1) is 24.3. The Kier molecular flexibility index (Phi) is 9.34. The first-order chi connectivity index (χ1) is 16.0. The minimum atomic E-state index is -1.45. The monoisotopic (exact) mass is 496 g/mol. The molecule has 176 valence electrons. The average molecular weight is 497 g/mol. The quantitative estimate of drug-likeness (QED) is 0.377. The van der Waals surface area contributed by atoms with Gasteiger partial charge < -0.3 is 25.7 Å². The van der Waals surface area contributed by atoms with Crippen molar-refractivity contribution in [1.29, 1.82) is 0 Å². The zero-order valence-corrected chi connectivity index (χ0v) is 18.9. The Morgan fingerprint density at radius 3 is 1.82 bits per heavy atom. The molecule has 0 aromatic heterocycles. The van der Waals surface area contributed by atoms with Crippen molar-refractivity contribution >= 4 is 47.1 Å². The van der Waals surface area contributed by atoms with Gasteiger partial charge in [-0.3, -0.25) is 9.59 Å². The van der Waals surface area contributed by atoms with Crippen molar-refractivity contribution in [3.63, 3.8) is 0 Å². The van der Waals surface area contributed by atoms with Gasteiger partial charge in [-0.2, -0.15) is 0 Å². The van der Waals surface area contributed by atoms with Crippen molar-refractivity contribution in [2.45, 2.75) is 32.0 Å². The predicted molar refractivity (Wildman–Crippen MR) is 122 cm³/mol. The third-order valence-corrected chi connectivity index (χ3v) is 4.99. The molecule has 4 N–H and O–H groups in total. The second-order valence-corrected chi connectivity index (χ2v) is 7.97. The number of carbonyl (C=O) groups excluding carboxylic acids is 2. The van der Waals surface area contributed by atoms with Crippen LogP contribution >= 0.6 is 23.2 Å². The van der Waals surface area contributed by atoms with Gasteiger partial charge in [0.25, 0.3) is 0 Å². The number of carboxylic acid groups (broad SMARTS) is 2. The molecule has 0 aliphatic rings. The van der Waals surface area contributed by atoms with E-state index in [1.807, 2.05) is 0 Å². The molecule has 1 atom stereocenters. The molecule has 0 saturated heterocycles. The fourth-order valence-electron chi connectivity index (χ4n) is 2.82.